The molecule has 4 rings (SSSR count). The van der Waals surface area contributed by atoms with Gasteiger partial charge >= 0.3 is 6.03 Å². The smallest absolute Gasteiger partial charge is 0.324 e. The molecule has 0 radical (unpaired) electrons. The Morgan fingerprint density at radius 3 is 2.43 bits per heavy atom. The summed E-state index contributed by atoms with van der Waals surface area (Å²) >= 11 is 0. The van der Waals surface area contributed by atoms with E-state index in [1.54, 1.807) is 48.7 Å². The highest BCUT2D eigenvalue weighted by Gasteiger charge is 2.20. The lowest BCUT2D eigenvalue weighted by Gasteiger charge is -2.12. The van der Waals surface area contributed by atoms with E-state index in [0.29, 0.717) is 41.2 Å². The van der Waals surface area contributed by atoms with Crippen molar-refractivity contribution in [2.75, 3.05) is 35.6 Å². The summed E-state index contributed by atoms with van der Waals surface area (Å²) in [6.07, 6.45) is 2.66. The van der Waals surface area contributed by atoms with E-state index in [0.717, 1.165) is 19.5 Å². The van der Waals surface area contributed by atoms with Gasteiger partial charge in [-0.3, -0.25) is 10.1 Å². The first-order valence-electron chi connectivity index (χ1n) is 11.5. The van der Waals surface area contributed by atoms with Crippen molar-refractivity contribution < 1.29 is 18.8 Å². The van der Waals surface area contributed by atoms with E-state index in [2.05, 4.69) is 31.4 Å². The van der Waals surface area contributed by atoms with E-state index in [1.165, 1.54) is 0 Å². The normalized spacial score (nSPS) is 15.5. The predicted octanol–water partition coefficient (Wildman–Crippen LogP) is 4.25. The molecular formula is C25H30N6O4. The van der Waals surface area contributed by atoms with Crippen molar-refractivity contribution in [1.82, 2.24) is 15.5 Å². The third kappa shape index (κ3) is 6.80. The number of rotatable bonds is 7. The number of nitrogens with zero attached hydrogens (tertiary/aromatic N) is 2. The Labute approximate surface area is 203 Å². The molecule has 35 heavy (non-hydrogen) atoms. The van der Waals surface area contributed by atoms with E-state index in [-0.39, 0.29) is 17.0 Å². The maximum Gasteiger partial charge on any atom is 0.324 e. The first kappa shape index (κ1) is 24.2. The van der Waals surface area contributed by atoms with Crippen LogP contribution in [-0.4, -0.2) is 41.8 Å². The molecule has 1 unspecified atom stereocenters. The van der Waals surface area contributed by atoms with Crippen LogP contribution < -0.4 is 26.0 Å². The Hall–Kier alpha value is -3.92. The summed E-state index contributed by atoms with van der Waals surface area (Å²) in [6, 6.07) is 11.4. The minimum absolute atomic E-state index is 0.206. The quantitative estimate of drug-likeness (QED) is 0.399. The maximum atomic E-state index is 12.5. The van der Waals surface area contributed by atoms with E-state index in [9.17, 15) is 9.59 Å². The van der Waals surface area contributed by atoms with E-state index in [1.807, 2.05) is 20.8 Å². The number of hydrogen-bond donors (Lipinski definition) is 4. The second-order valence-corrected chi connectivity index (χ2v) is 9.49. The number of nitrogens with one attached hydrogen (secondary N) is 4. The van der Waals surface area contributed by atoms with Crippen LogP contribution >= 0.6 is 0 Å². The molecule has 1 saturated heterocycles. The number of anilines is 3. The number of hydrogen-bond acceptors (Lipinski definition) is 7. The maximum absolute atomic E-state index is 12.5. The second-order valence-electron chi connectivity index (χ2n) is 9.49. The largest absolute Gasteiger partial charge is 0.492 e. The van der Waals surface area contributed by atoms with Crippen molar-refractivity contribution in [3.63, 3.8) is 0 Å². The molecule has 1 aliphatic heterocycles. The van der Waals surface area contributed by atoms with Gasteiger partial charge in [0.25, 0.3) is 5.91 Å². The molecule has 10 nitrogen and oxygen atoms in total. The molecule has 3 aromatic rings. The van der Waals surface area contributed by atoms with Crippen molar-refractivity contribution in [1.29, 1.82) is 0 Å². The van der Waals surface area contributed by atoms with Gasteiger partial charge in [-0.1, -0.05) is 25.9 Å². The number of amides is 3. The van der Waals surface area contributed by atoms with Gasteiger partial charge in [0.15, 0.2) is 5.82 Å². The molecule has 2 aromatic heterocycles. The van der Waals surface area contributed by atoms with Gasteiger partial charge in [-0.05, 0) is 49.4 Å². The predicted molar refractivity (Wildman–Crippen MR) is 133 cm³/mol. The number of pyridine rings is 1. The van der Waals surface area contributed by atoms with Crippen molar-refractivity contribution >= 4 is 29.1 Å². The average molecular weight is 479 g/mol. The van der Waals surface area contributed by atoms with Crippen molar-refractivity contribution in [2.24, 2.45) is 5.92 Å². The number of carbonyl (C=O) groups is 2. The molecule has 0 spiro atoms. The Balaban J connectivity index is 1.25. The monoisotopic (exact) mass is 478 g/mol. The zero-order valence-electron chi connectivity index (χ0n) is 20.1. The van der Waals surface area contributed by atoms with Crippen molar-refractivity contribution in [2.45, 2.75) is 32.6 Å². The van der Waals surface area contributed by atoms with E-state index >= 15 is 0 Å². The average Bonchev–Trinajstić information content (AvgIpc) is 3.51. The zero-order chi connectivity index (χ0) is 24.8. The molecule has 0 saturated carbocycles. The van der Waals surface area contributed by atoms with Crippen LogP contribution in [0.15, 0.2) is 53.2 Å². The lowest BCUT2D eigenvalue weighted by Crippen LogP contribution is -2.19. The van der Waals surface area contributed by atoms with Crippen LogP contribution in [-0.2, 0) is 5.41 Å². The summed E-state index contributed by atoms with van der Waals surface area (Å²) < 4.78 is 11.0. The first-order chi connectivity index (χ1) is 16.8. The van der Waals surface area contributed by atoms with Gasteiger partial charge in [0.2, 0.25) is 0 Å². The molecule has 1 aromatic carbocycles. The minimum atomic E-state index is -0.453. The number of urea groups is 1. The van der Waals surface area contributed by atoms with Gasteiger partial charge in [-0.25, -0.2) is 9.78 Å². The third-order valence-corrected chi connectivity index (χ3v) is 5.51. The summed E-state index contributed by atoms with van der Waals surface area (Å²) in [6.45, 7) is 8.60. The summed E-state index contributed by atoms with van der Waals surface area (Å²) in [5.74, 6) is 1.81. The zero-order valence-corrected chi connectivity index (χ0v) is 20.1. The van der Waals surface area contributed by atoms with Crippen LogP contribution in [0.3, 0.4) is 0 Å². The molecule has 0 aliphatic carbocycles. The fourth-order valence-corrected chi connectivity index (χ4v) is 3.47. The molecule has 0 bridgehead atoms. The second kappa shape index (κ2) is 10.6. The van der Waals surface area contributed by atoms with Crippen molar-refractivity contribution in [3.8, 4) is 5.75 Å². The minimum Gasteiger partial charge on any atom is -0.492 e. The van der Waals surface area contributed by atoms with Gasteiger partial charge in [0.05, 0.1) is 12.8 Å². The van der Waals surface area contributed by atoms with Gasteiger partial charge in [0.1, 0.15) is 17.2 Å². The molecule has 1 aliphatic rings. The van der Waals surface area contributed by atoms with E-state index < -0.39 is 6.03 Å². The van der Waals surface area contributed by atoms with Gasteiger partial charge < -0.3 is 25.2 Å². The SMILES string of the molecule is CC(C)(C)c1cc(NC(=O)Nc2ccc(NC(=O)c3ccc(OCC4CCNC4)cn3)cc2)no1. The molecule has 3 amide bonds. The molecule has 1 atom stereocenters. The highest BCUT2D eigenvalue weighted by atomic mass is 16.5. The fourth-order valence-electron chi connectivity index (χ4n) is 3.47. The van der Waals surface area contributed by atoms with Crippen LogP contribution in [0.5, 0.6) is 5.75 Å². The Bertz CT molecular complexity index is 1150. The summed E-state index contributed by atoms with van der Waals surface area (Å²) in [4.78, 5) is 29.0. The number of ether oxygens (including phenoxy) is 1. The molecular weight excluding hydrogens is 448 g/mol. The standard InChI is InChI=1S/C25H30N6O4/c1-25(2,3)21-12-22(31-35-21)30-24(33)29-18-6-4-17(5-7-18)28-23(32)20-9-8-19(14-27-20)34-15-16-10-11-26-13-16/h4-9,12,14,16,26H,10-11,13,15H2,1-3H3,(H,28,32)(H2,29,30,31,33). The van der Waals surface area contributed by atoms with Crippen LogP contribution in [0, 0.1) is 5.92 Å². The fraction of sp³-hybridized carbons (Fsp3) is 0.360. The lowest BCUT2D eigenvalue weighted by atomic mass is 9.93. The highest BCUT2D eigenvalue weighted by Crippen LogP contribution is 2.24. The third-order valence-electron chi connectivity index (χ3n) is 5.51. The van der Waals surface area contributed by atoms with Crippen LogP contribution in [0.4, 0.5) is 22.0 Å². The van der Waals surface area contributed by atoms with Gasteiger partial charge in [-0.15, -0.1) is 0 Å². The highest BCUT2D eigenvalue weighted by molar-refractivity contribution is 6.03. The molecule has 3 heterocycles. The van der Waals surface area contributed by atoms with Gasteiger partial charge in [-0.2, -0.15) is 0 Å². The van der Waals surface area contributed by atoms with Gasteiger partial charge in [0, 0.05) is 35.3 Å². The van der Waals surface area contributed by atoms with Crippen LogP contribution in [0.25, 0.3) is 0 Å². The summed E-state index contributed by atoms with van der Waals surface area (Å²) in [5.41, 5.74) is 1.20. The Kier molecular flexibility index (Phi) is 7.31. The number of carbonyl (C=O) groups excluding carboxylic acids is 2. The van der Waals surface area contributed by atoms with Crippen LogP contribution in [0.1, 0.15) is 43.4 Å². The van der Waals surface area contributed by atoms with Crippen molar-refractivity contribution in [3.05, 3.63) is 60.1 Å². The molecule has 10 heteroatoms. The number of aromatic nitrogens is 2. The summed E-state index contributed by atoms with van der Waals surface area (Å²) in [7, 11) is 0. The van der Waals surface area contributed by atoms with E-state index in [4.69, 9.17) is 9.26 Å². The molecule has 1 fully saturated rings. The Morgan fingerprint density at radius 1 is 1.09 bits per heavy atom. The molecule has 4 N–H and O–H groups in total. The lowest BCUT2D eigenvalue weighted by molar-refractivity contribution is 0.102. The summed E-state index contributed by atoms with van der Waals surface area (Å²) in [5, 5.41) is 15.3. The first-order valence-corrected chi connectivity index (χ1v) is 11.5. The topological polar surface area (TPSA) is 130 Å². The number of benzene rings is 1. The van der Waals surface area contributed by atoms with Crippen LogP contribution in [0.2, 0.25) is 0 Å². The molecule has 184 valence electrons. The Morgan fingerprint density at radius 2 is 1.83 bits per heavy atom.